The van der Waals surface area contributed by atoms with Gasteiger partial charge in [0.25, 0.3) is 0 Å². The molecule has 0 spiro atoms. The third kappa shape index (κ3) is 5.42. The van der Waals surface area contributed by atoms with E-state index in [9.17, 15) is 9.59 Å². The molecule has 2 N–H and O–H groups in total. The molecule has 104 valence electrons. The van der Waals surface area contributed by atoms with Gasteiger partial charge in [-0.3, -0.25) is 4.79 Å². The first kappa shape index (κ1) is 15.0. The van der Waals surface area contributed by atoms with E-state index in [0.29, 0.717) is 13.2 Å². The summed E-state index contributed by atoms with van der Waals surface area (Å²) in [5, 5.41) is 5.42. The maximum Gasteiger partial charge on any atom is 0.407 e. The Morgan fingerprint density at radius 2 is 1.89 bits per heavy atom. The lowest BCUT2D eigenvalue weighted by Crippen LogP contribution is -2.34. The van der Waals surface area contributed by atoms with Crippen molar-refractivity contribution in [2.24, 2.45) is 0 Å². The smallest absolute Gasteiger partial charge is 0.407 e. The first-order chi connectivity index (χ1) is 9.17. The van der Waals surface area contributed by atoms with Gasteiger partial charge in [0.2, 0.25) is 5.91 Å². The molecule has 1 rings (SSSR count). The standard InChI is InChI=1S/C14H20N2O3/c1-3-15-13(17)10-12(16-14(18)19-4-2)11-8-6-5-7-9-11/h5-9,12H,3-4,10H2,1-2H3,(H,15,17)(H,16,18)/t12-/m1/s1. The number of alkyl carbamates (subject to hydrolysis) is 1. The Bertz CT molecular complexity index is 386. The first-order valence-electron chi connectivity index (χ1n) is 6.42. The molecule has 0 fully saturated rings. The van der Waals surface area contributed by atoms with Crippen LogP contribution in [0, 0.1) is 0 Å². The van der Waals surface area contributed by atoms with Crippen LogP contribution in [0.5, 0.6) is 0 Å². The van der Waals surface area contributed by atoms with Crippen LogP contribution in [0.2, 0.25) is 0 Å². The summed E-state index contributed by atoms with van der Waals surface area (Å²) in [6.07, 6.45) is -0.322. The molecule has 5 heteroatoms. The number of hydrogen-bond donors (Lipinski definition) is 2. The summed E-state index contributed by atoms with van der Waals surface area (Å²) in [5.74, 6) is -0.104. The zero-order valence-electron chi connectivity index (χ0n) is 11.3. The lowest BCUT2D eigenvalue weighted by Gasteiger charge is -2.18. The molecule has 0 aliphatic rings. The van der Waals surface area contributed by atoms with Crippen molar-refractivity contribution in [2.75, 3.05) is 13.2 Å². The number of ether oxygens (including phenoxy) is 1. The Balaban J connectivity index is 2.73. The van der Waals surface area contributed by atoms with E-state index >= 15 is 0 Å². The minimum Gasteiger partial charge on any atom is -0.450 e. The highest BCUT2D eigenvalue weighted by Crippen LogP contribution is 2.16. The van der Waals surface area contributed by atoms with Crippen LogP contribution in [0.15, 0.2) is 30.3 Å². The van der Waals surface area contributed by atoms with E-state index in [1.165, 1.54) is 0 Å². The summed E-state index contributed by atoms with van der Waals surface area (Å²) in [7, 11) is 0. The van der Waals surface area contributed by atoms with E-state index in [1.807, 2.05) is 37.3 Å². The van der Waals surface area contributed by atoms with Gasteiger partial charge in [0, 0.05) is 6.54 Å². The molecule has 0 aromatic heterocycles. The van der Waals surface area contributed by atoms with Crippen molar-refractivity contribution in [3.63, 3.8) is 0 Å². The molecular weight excluding hydrogens is 244 g/mol. The number of carbonyl (C=O) groups is 2. The fourth-order valence-corrected chi connectivity index (χ4v) is 1.71. The molecule has 5 nitrogen and oxygen atoms in total. The van der Waals surface area contributed by atoms with Crippen LogP contribution in [0.25, 0.3) is 0 Å². The van der Waals surface area contributed by atoms with Gasteiger partial charge in [-0.25, -0.2) is 4.79 Å². The largest absolute Gasteiger partial charge is 0.450 e. The Kier molecular flexibility index (Phi) is 6.43. The highest BCUT2D eigenvalue weighted by atomic mass is 16.5. The van der Waals surface area contributed by atoms with Crippen molar-refractivity contribution in [3.8, 4) is 0 Å². The summed E-state index contributed by atoms with van der Waals surface area (Å²) < 4.78 is 4.85. The highest BCUT2D eigenvalue weighted by Gasteiger charge is 2.18. The Hall–Kier alpha value is -2.04. The third-order valence-electron chi connectivity index (χ3n) is 2.53. The van der Waals surface area contributed by atoms with Crippen molar-refractivity contribution in [1.29, 1.82) is 0 Å². The minimum absolute atomic E-state index is 0.104. The van der Waals surface area contributed by atoms with Gasteiger partial charge in [-0.05, 0) is 19.4 Å². The minimum atomic E-state index is -0.513. The molecular formula is C14H20N2O3. The van der Waals surface area contributed by atoms with E-state index in [0.717, 1.165) is 5.56 Å². The molecule has 0 saturated carbocycles. The number of benzene rings is 1. The second-order valence-corrected chi connectivity index (χ2v) is 3.99. The molecule has 0 bridgehead atoms. The summed E-state index contributed by atoms with van der Waals surface area (Å²) >= 11 is 0. The van der Waals surface area contributed by atoms with Gasteiger partial charge in [0.1, 0.15) is 0 Å². The average molecular weight is 264 g/mol. The van der Waals surface area contributed by atoms with E-state index in [2.05, 4.69) is 10.6 Å². The first-order valence-corrected chi connectivity index (χ1v) is 6.42. The SMILES string of the molecule is CCNC(=O)C[C@@H](NC(=O)OCC)c1ccccc1. The molecule has 2 amide bonds. The molecule has 0 unspecified atom stereocenters. The Morgan fingerprint density at radius 1 is 1.21 bits per heavy atom. The fourth-order valence-electron chi connectivity index (χ4n) is 1.71. The zero-order valence-corrected chi connectivity index (χ0v) is 11.3. The van der Waals surface area contributed by atoms with Crippen LogP contribution in [-0.2, 0) is 9.53 Å². The third-order valence-corrected chi connectivity index (χ3v) is 2.53. The molecule has 0 saturated heterocycles. The van der Waals surface area contributed by atoms with Gasteiger partial charge >= 0.3 is 6.09 Å². The Labute approximate surface area is 113 Å². The van der Waals surface area contributed by atoms with Gasteiger partial charge in [-0.2, -0.15) is 0 Å². The fraction of sp³-hybridized carbons (Fsp3) is 0.429. The van der Waals surface area contributed by atoms with Crippen molar-refractivity contribution in [1.82, 2.24) is 10.6 Å². The summed E-state index contributed by atoms with van der Waals surface area (Å²) in [6.45, 7) is 4.46. The van der Waals surface area contributed by atoms with Crippen LogP contribution in [0.4, 0.5) is 4.79 Å². The van der Waals surface area contributed by atoms with E-state index in [-0.39, 0.29) is 18.4 Å². The molecule has 1 aromatic carbocycles. The lowest BCUT2D eigenvalue weighted by atomic mass is 10.0. The van der Waals surface area contributed by atoms with Crippen molar-refractivity contribution in [3.05, 3.63) is 35.9 Å². The van der Waals surface area contributed by atoms with E-state index in [1.54, 1.807) is 6.92 Å². The zero-order chi connectivity index (χ0) is 14.1. The summed E-state index contributed by atoms with van der Waals surface area (Å²) in [5.41, 5.74) is 0.877. The van der Waals surface area contributed by atoms with Gasteiger partial charge in [0.05, 0.1) is 19.1 Å². The number of amides is 2. The van der Waals surface area contributed by atoms with Crippen LogP contribution in [-0.4, -0.2) is 25.2 Å². The van der Waals surface area contributed by atoms with Gasteiger partial charge in [0.15, 0.2) is 0 Å². The molecule has 0 heterocycles. The van der Waals surface area contributed by atoms with Crippen molar-refractivity contribution in [2.45, 2.75) is 26.3 Å². The number of rotatable bonds is 6. The maximum atomic E-state index is 11.7. The predicted octanol–water partition coefficient (Wildman–Crippen LogP) is 2.00. The molecule has 0 radical (unpaired) electrons. The number of nitrogens with one attached hydrogen (secondary N) is 2. The number of hydrogen-bond acceptors (Lipinski definition) is 3. The monoisotopic (exact) mass is 264 g/mol. The summed E-state index contributed by atoms with van der Waals surface area (Å²) in [6, 6.07) is 8.98. The van der Waals surface area contributed by atoms with Crippen molar-refractivity contribution < 1.29 is 14.3 Å². The normalized spacial score (nSPS) is 11.5. The Morgan fingerprint density at radius 3 is 2.47 bits per heavy atom. The second-order valence-electron chi connectivity index (χ2n) is 3.99. The van der Waals surface area contributed by atoms with Crippen LogP contribution < -0.4 is 10.6 Å². The molecule has 19 heavy (non-hydrogen) atoms. The van der Waals surface area contributed by atoms with Gasteiger partial charge < -0.3 is 15.4 Å². The molecule has 1 aromatic rings. The second kappa shape index (κ2) is 8.13. The molecule has 0 aliphatic heterocycles. The highest BCUT2D eigenvalue weighted by molar-refractivity contribution is 5.78. The molecule has 0 aliphatic carbocycles. The topological polar surface area (TPSA) is 67.4 Å². The van der Waals surface area contributed by atoms with E-state index < -0.39 is 6.09 Å². The maximum absolute atomic E-state index is 11.7. The quantitative estimate of drug-likeness (QED) is 0.825. The average Bonchev–Trinajstić information content (AvgIpc) is 2.39. The van der Waals surface area contributed by atoms with Crippen LogP contribution in [0.1, 0.15) is 31.9 Å². The van der Waals surface area contributed by atoms with Gasteiger partial charge in [-0.1, -0.05) is 30.3 Å². The van der Waals surface area contributed by atoms with E-state index in [4.69, 9.17) is 4.74 Å². The van der Waals surface area contributed by atoms with Crippen molar-refractivity contribution >= 4 is 12.0 Å². The van der Waals surface area contributed by atoms with Gasteiger partial charge in [-0.15, -0.1) is 0 Å². The lowest BCUT2D eigenvalue weighted by molar-refractivity contribution is -0.121. The van der Waals surface area contributed by atoms with Crippen LogP contribution in [0.3, 0.4) is 0 Å². The summed E-state index contributed by atoms with van der Waals surface area (Å²) in [4.78, 5) is 23.2. The van der Waals surface area contributed by atoms with Crippen LogP contribution >= 0.6 is 0 Å². The predicted molar refractivity (Wildman–Crippen MR) is 72.6 cm³/mol. The molecule has 1 atom stereocenters. The number of carbonyl (C=O) groups excluding carboxylic acids is 2.